The van der Waals surface area contributed by atoms with Crippen LogP contribution in [-0.2, 0) is 13.1 Å². The van der Waals surface area contributed by atoms with E-state index in [2.05, 4.69) is 48.1 Å². The minimum atomic E-state index is -0.190. The van der Waals surface area contributed by atoms with Gasteiger partial charge in [0.25, 0.3) is 5.91 Å². The van der Waals surface area contributed by atoms with Gasteiger partial charge in [-0.3, -0.25) is 9.69 Å². The predicted molar refractivity (Wildman–Crippen MR) is 115 cm³/mol. The lowest BCUT2D eigenvalue weighted by molar-refractivity contribution is 0.0934. The van der Waals surface area contributed by atoms with Crippen molar-refractivity contribution in [1.29, 1.82) is 0 Å². The van der Waals surface area contributed by atoms with Crippen LogP contribution in [-0.4, -0.2) is 34.5 Å². The average molecular weight is 402 g/mol. The van der Waals surface area contributed by atoms with Gasteiger partial charge < -0.3 is 14.5 Å². The number of amides is 1. The second-order valence-electron chi connectivity index (χ2n) is 7.88. The summed E-state index contributed by atoms with van der Waals surface area (Å²) < 4.78 is 11.1. The molecule has 2 aromatic rings. The number of carbonyl (C=O) groups excluding carboxylic acids is 1. The van der Waals surface area contributed by atoms with Crippen molar-refractivity contribution in [1.82, 2.24) is 15.2 Å². The normalized spacial score (nSPS) is 13.5. The van der Waals surface area contributed by atoms with E-state index in [4.69, 9.17) is 9.15 Å². The molecule has 0 saturated heterocycles. The van der Waals surface area contributed by atoms with Crippen molar-refractivity contribution in [2.45, 2.75) is 73.1 Å². The Morgan fingerprint density at radius 1 is 1.14 bits per heavy atom. The lowest BCUT2D eigenvalue weighted by Crippen LogP contribution is -2.36. The predicted octanol–water partition coefficient (Wildman–Crippen LogP) is 4.65. The lowest BCUT2D eigenvalue weighted by atomic mass is 10.0. The summed E-state index contributed by atoms with van der Waals surface area (Å²) >= 11 is 0. The van der Waals surface area contributed by atoms with Crippen LogP contribution < -0.4 is 10.1 Å². The average Bonchev–Trinajstić information content (AvgIpc) is 3.17. The summed E-state index contributed by atoms with van der Waals surface area (Å²) in [6.45, 7) is 14.6. The molecule has 0 aliphatic carbocycles. The minimum Gasteiger partial charge on any atom is -0.494 e. The molecule has 0 saturated carbocycles. The summed E-state index contributed by atoms with van der Waals surface area (Å²) in [6, 6.07) is 8.61. The number of carbonyl (C=O) groups is 1. The highest BCUT2D eigenvalue weighted by Gasteiger charge is 2.21. The van der Waals surface area contributed by atoms with E-state index in [-0.39, 0.29) is 11.9 Å². The van der Waals surface area contributed by atoms with Crippen LogP contribution in [0.3, 0.4) is 0 Å². The van der Waals surface area contributed by atoms with Crippen molar-refractivity contribution in [2.75, 3.05) is 6.61 Å². The molecule has 0 bridgehead atoms. The van der Waals surface area contributed by atoms with E-state index >= 15 is 0 Å². The zero-order valence-corrected chi connectivity index (χ0v) is 18.6. The van der Waals surface area contributed by atoms with Gasteiger partial charge in [-0.05, 0) is 50.8 Å². The van der Waals surface area contributed by atoms with Crippen molar-refractivity contribution < 1.29 is 13.9 Å². The number of oxazole rings is 1. The first-order valence-corrected chi connectivity index (χ1v) is 10.5. The minimum absolute atomic E-state index is 0.111. The maximum atomic E-state index is 12.3. The first kappa shape index (κ1) is 22.9. The van der Waals surface area contributed by atoms with E-state index in [1.165, 1.54) is 11.8 Å². The summed E-state index contributed by atoms with van der Waals surface area (Å²) in [7, 11) is 0. The Balaban J connectivity index is 2.10. The molecule has 0 aliphatic rings. The molecule has 2 rings (SSSR count). The Morgan fingerprint density at radius 3 is 2.41 bits per heavy atom. The highest BCUT2D eigenvalue weighted by Crippen LogP contribution is 2.20. The monoisotopic (exact) mass is 401 g/mol. The number of aromatic nitrogens is 1. The SMILES string of the molecule is CCOc1ccc(CN(Cc2nc(C(=O)N[C@@H](C)CC)co2)[C@H](C)C(C)C)cc1. The summed E-state index contributed by atoms with van der Waals surface area (Å²) in [5, 5.41) is 2.92. The molecule has 1 N–H and O–H groups in total. The van der Waals surface area contributed by atoms with E-state index in [9.17, 15) is 4.79 Å². The summed E-state index contributed by atoms with van der Waals surface area (Å²) in [5.74, 6) is 1.72. The number of benzene rings is 1. The highest BCUT2D eigenvalue weighted by atomic mass is 16.5. The standard InChI is InChI=1S/C23H35N3O3/c1-7-17(5)24-23(27)21-15-29-22(25-21)14-26(18(6)16(3)4)13-19-9-11-20(12-10-19)28-8-2/h9-12,15-18H,7-8,13-14H2,1-6H3,(H,24,27)/t17-,18+/m0/s1. The Labute approximate surface area is 174 Å². The zero-order chi connectivity index (χ0) is 21.4. The highest BCUT2D eigenvalue weighted by molar-refractivity contribution is 5.92. The molecule has 0 unspecified atom stereocenters. The number of nitrogens with zero attached hydrogens (tertiary/aromatic N) is 2. The second kappa shape index (κ2) is 11.0. The van der Waals surface area contributed by atoms with Crippen LogP contribution in [0.4, 0.5) is 0 Å². The molecule has 1 heterocycles. The Bertz CT molecular complexity index is 755. The van der Waals surface area contributed by atoms with E-state index in [0.717, 1.165) is 18.7 Å². The number of rotatable bonds is 11. The second-order valence-corrected chi connectivity index (χ2v) is 7.88. The topological polar surface area (TPSA) is 67.6 Å². The number of ether oxygens (including phenoxy) is 1. The Hall–Kier alpha value is -2.34. The van der Waals surface area contributed by atoms with Gasteiger partial charge in [-0.2, -0.15) is 0 Å². The molecule has 0 fully saturated rings. The van der Waals surface area contributed by atoms with Gasteiger partial charge in [0, 0.05) is 18.6 Å². The fourth-order valence-corrected chi connectivity index (χ4v) is 2.92. The van der Waals surface area contributed by atoms with Gasteiger partial charge in [0.05, 0.1) is 13.2 Å². The quantitative estimate of drug-likeness (QED) is 0.594. The van der Waals surface area contributed by atoms with E-state index < -0.39 is 0 Å². The number of hydrogen-bond acceptors (Lipinski definition) is 5. The van der Waals surface area contributed by atoms with Crippen LogP contribution in [0.2, 0.25) is 0 Å². The maximum absolute atomic E-state index is 12.3. The molecule has 0 radical (unpaired) electrons. The van der Waals surface area contributed by atoms with Crippen molar-refractivity contribution in [3.05, 3.63) is 47.7 Å². The molecule has 1 amide bonds. The number of nitrogens with one attached hydrogen (secondary N) is 1. The van der Waals surface area contributed by atoms with Gasteiger partial charge in [0.2, 0.25) is 5.89 Å². The number of hydrogen-bond donors (Lipinski definition) is 1. The molecule has 6 heteroatoms. The zero-order valence-electron chi connectivity index (χ0n) is 18.6. The molecular formula is C23H35N3O3. The molecule has 6 nitrogen and oxygen atoms in total. The summed E-state index contributed by atoms with van der Waals surface area (Å²) in [6.07, 6.45) is 2.32. The Kier molecular flexibility index (Phi) is 8.70. The van der Waals surface area contributed by atoms with E-state index in [1.807, 2.05) is 32.9 Å². The van der Waals surface area contributed by atoms with Gasteiger partial charge in [0.1, 0.15) is 12.0 Å². The first-order chi connectivity index (χ1) is 13.8. The third-order valence-corrected chi connectivity index (χ3v) is 5.27. The molecule has 0 aliphatic heterocycles. The van der Waals surface area contributed by atoms with Gasteiger partial charge in [0.15, 0.2) is 5.69 Å². The van der Waals surface area contributed by atoms with Crippen molar-refractivity contribution in [2.24, 2.45) is 5.92 Å². The van der Waals surface area contributed by atoms with Crippen molar-refractivity contribution >= 4 is 5.91 Å². The van der Waals surface area contributed by atoms with Crippen LogP contribution >= 0.6 is 0 Å². The van der Waals surface area contributed by atoms with Gasteiger partial charge in [-0.15, -0.1) is 0 Å². The van der Waals surface area contributed by atoms with Crippen molar-refractivity contribution in [3.8, 4) is 5.75 Å². The van der Waals surface area contributed by atoms with E-state index in [1.54, 1.807) is 0 Å². The van der Waals surface area contributed by atoms with Gasteiger partial charge >= 0.3 is 0 Å². The maximum Gasteiger partial charge on any atom is 0.273 e. The largest absolute Gasteiger partial charge is 0.494 e. The molecular weight excluding hydrogens is 366 g/mol. The fraction of sp³-hybridized carbons (Fsp3) is 0.565. The molecule has 1 aromatic heterocycles. The molecule has 160 valence electrons. The molecule has 1 aromatic carbocycles. The molecule has 29 heavy (non-hydrogen) atoms. The van der Waals surface area contributed by atoms with Crippen LogP contribution in [0.15, 0.2) is 34.9 Å². The summed E-state index contributed by atoms with van der Waals surface area (Å²) in [4.78, 5) is 19.0. The van der Waals surface area contributed by atoms with Crippen molar-refractivity contribution in [3.63, 3.8) is 0 Å². The summed E-state index contributed by atoms with van der Waals surface area (Å²) in [5.41, 5.74) is 1.53. The van der Waals surface area contributed by atoms with Crippen LogP contribution in [0, 0.1) is 5.92 Å². The fourth-order valence-electron chi connectivity index (χ4n) is 2.92. The van der Waals surface area contributed by atoms with Crippen LogP contribution in [0.25, 0.3) is 0 Å². The van der Waals surface area contributed by atoms with Crippen LogP contribution in [0.1, 0.15) is 69.9 Å². The smallest absolute Gasteiger partial charge is 0.273 e. The van der Waals surface area contributed by atoms with Gasteiger partial charge in [-0.25, -0.2) is 4.98 Å². The first-order valence-electron chi connectivity index (χ1n) is 10.5. The Morgan fingerprint density at radius 2 is 1.83 bits per heavy atom. The van der Waals surface area contributed by atoms with Crippen LogP contribution in [0.5, 0.6) is 5.75 Å². The third kappa shape index (κ3) is 6.89. The lowest BCUT2D eigenvalue weighted by Gasteiger charge is -2.30. The molecule has 2 atom stereocenters. The third-order valence-electron chi connectivity index (χ3n) is 5.27. The molecule has 0 spiro atoms. The van der Waals surface area contributed by atoms with Gasteiger partial charge in [-0.1, -0.05) is 32.9 Å². The van der Waals surface area contributed by atoms with E-state index in [0.29, 0.717) is 36.7 Å².